The molecule has 0 amide bonds. The Balaban J connectivity index is 0.925. The van der Waals surface area contributed by atoms with Crippen LogP contribution >= 0.6 is 0 Å². The summed E-state index contributed by atoms with van der Waals surface area (Å²) in [5, 5.41) is 12.0. The standard InChI is InChI=1S/C78H86O15S/c1-77(41-43-78(44-42-77)89-45-46-90-78)75(79)64-37-39-65(40-38-64)94(80,81)56-68-70(85-50-60-29-15-5-16-30-60)72(86-51-61-31-17-6-18-32-61)71(67(91-68)55-83-48-58-25-11-3-12-26-58)93-76-74(88-53-63-35-21-8-22-36-63)73(87-52-62-33-19-7-20-34-62)69(84-49-59-27-13-4-14-28-59)66(92-76)54-82-47-57-23-9-2-10-24-57/h2-40,66-76,79H,41-56H2,1H3/t66?,67?,68?,69?,70?,71?,72?,73?,74?,75-,76?/m0/s1. The molecule has 3 aliphatic heterocycles. The number of aliphatic hydroxyl groups excluding tert-OH is 1. The average Bonchev–Trinajstić information content (AvgIpc) is 2.16. The molecule has 3 heterocycles. The molecule has 0 radical (unpaired) electrons. The SMILES string of the molecule is CC1([C@@H](O)c2ccc(S(=O)(=O)CC3OC(COCc4ccccc4)C(OC4OC(COCc5ccccc5)C(OCc5ccccc5)C(OCc5ccccc5)C4OCc4ccccc4)C(OCc4ccccc4)C3OCc3ccccc3)cc2)CCC2(CC1)OCCO2. The van der Waals surface area contributed by atoms with Crippen molar-refractivity contribution in [1.82, 2.24) is 0 Å². The first-order chi connectivity index (χ1) is 46.1. The smallest absolute Gasteiger partial charge is 0.187 e. The average molecular weight is 1300 g/mol. The summed E-state index contributed by atoms with van der Waals surface area (Å²) >= 11 is 0. The first kappa shape index (κ1) is 67.2. The van der Waals surface area contributed by atoms with Crippen molar-refractivity contribution in [2.75, 3.05) is 32.2 Å². The topological polar surface area (TPSA) is 165 Å². The van der Waals surface area contributed by atoms with Crippen LogP contribution in [0.25, 0.3) is 0 Å². The second-order valence-corrected chi connectivity index (χ2v) is 27.2. The number of benzene rings is 8. The molecule has 8 aromatic carbocycles. The fourth-order valence-electron chi connectivity index (χ4n) is 13.1. The van der Waals surface area contributed by atoms with Crippen LogP contribution < -0.4 is 0 Å². The fourth-order valence-corrected chi connectivity index (χ4v) is 14.5. The number of ether oxygens (including phenoxy) is 12. The molecule has 12 rings (SSSR count). The van der Waals surface area contributed by atoms with Crippen LogP contribution in [0.3, 0.4) is 0 Å². The lowest BCUT2D eigenvalue weighted by molar-refractivity contribution is -0.362. The van der Waals surface area contributed by atoms with Crippen molar-refractivity contribution in [3.63, 3.8) is 0 Å². The summed E-state index contributed by atoms with van der Waals surface area (Å²) in [6.07, 6.45) is -8.29. The lowest BCUT2D eigenvalue weighted by atomic mass is 9.68. The van der Waals surface area contributed by atoms with Gasteiger partial charge in [0, 0.05) is 12.8 Å². The molecule has 1 N–H and O–H groups in total. The molecule has 494 valence electrons. The fraction of sp³-hybridized carbons (Fsp3) is 0.385. The number of hydrogen-bond donors (Lipinski definition) is 1. The lowest BCUT2D eigenvalue weighted by Crippen LogP contribution is -2.66. The maximum atomic E-state index is 15.3. The maximum absolute atomic E-state index is 15.3. The molecular formula is C78H86O15S. The molecule has 1 spiro atoms. The van der Waals surface area contributed by atoms with Gasteiger partial charge in [0.1, 0.15) is 54.9 Å². The van der Waals surface area contributed by atoms with E-state index in [0.29, 0.717) is 44.5 Å². The minimum atomic E-state index is -4.19. The number of hydrogen-bond acceptors (Lipinski definition) is 15. The third kappa shape index (κ3) is 17.8. The van der Waals surface area contributed by atoms with Gasteiger partial charge in [-0.15, -0.1) is 0 Å². The molecule has 3 saturated heterocycles. The predicted molar refractivity (Wildman–Crippen MR) is 354 cm³/mol. The predicted octanol–water partition coefficient (Wildman–Crippen LogP) is 13.1. The van der Waals surface area contributed by atoms with Crippen LogP contribution in [-0.2, 0) is 113 Å². The second kappa shape index (κ2) is 32.8. The van der Waals surface area contributed by atoms with Crippen molar-refractivity contribution in [2.45, 2.75) is 157 Å². The van der Waals surface area contributed by atoms with Crippen molar-refractivity contribution in [2.24, 2.45) is 5.41 Å². The Morgan fingerprint density at radius 1 is 0.404 bits per heavy atom. The third-order valence-electron chi connectivity index (χ3n) is 18.4. The van der Waals surface area contributed by atoms with E-state index in [4.69, 9.17) is 56.8 Å². The summed E-state index contributed by atoms with van der Waals surface area (Å²) < 4.78 is 114. The molecule has 4 aliphatic rings. The van der Waals surface area contributed by atoms with Crippen LogP contribution in [0.15, 0.2) is 241 Å². The maximum Gasteiger partial charge on any atom is 0.187 e. The Morgan fingerprint density at radius 3 is 1.15 bits per heavy atom. The largest absolute Gasteiger partial charge is 0.388 e. The van der Waals surface area contributed by atoms with Crippen LogP contribution in [0, 0.1) is 5.41 Å². The van der Waals surface area contributed by atoms with Crippen LogP contribution in [0.1, 0.15) is 83.2 Å². The van der Waals surface area contributed by atoms with Gasteiger partial charge in [-0.05, 0) is 74.9 Å². The minimum Gasteiger partial charge on any atom is -0.388 e. The van der Waals surface area contributed by atoms with E-state index in [1.54, 1.807) is 24.3 Å². The van der Waals surface area contributed by atoms with Gasteiger partial charge in [0.2, 0.25) is 0 Å². The molecule has 10 unspecified atom stereocenters. The van der Waals surface area contributed by atoms with Crippen LogP contribution in [0.2, 0.25) is 0 Å². The highest BCUT2D eigenvalue weighted by atomic mass is 32.2. The highest BCUT2D eigenvalue weighted by Crippen LogP contribution is 2.51. The van der Waals surface area contributed by atoms with Gasteiger partial charge in [-0.1, -0.05) is 231 Å². The number of rotatable bonds is 30. The van der Waals surface area contributed by atoms with E-state index in [2.05, 4.69) is 6.92 Å². The van der Waals surface area contributed by atoms with Crippen LogP contribution in [-0.4, -0.2) is 113 Å². The molecule has 0 aromatic heterocycles. The van der Waals surface area contributed by atoms with Crippen molar-refractivity contribution in [1.29, 1.82) is 0 Å². The highest BCUT2D eigenvalue weighted by Gasteiger charge is 2.55. The summed E-state index contributed by atoms with van der Waals surface area (Å²) in [6, 6.07) is 75.7. The quantitative estimate of drug-likeness (QED) is 0.0452. The van der Waals surface area contributed by atoms with Crippen LogP contribution in [0.5, 0.6) is 0 Å². The van der Waals surface area contributed by atoms with E-state index < -0.39 is 94.1 Å². The molecular weight excluding hydrogens is 1210 g/mol. The van der Waals surface area contributed by atoms with E-state index >= 15 is 8.42 Å². The zero-order chi connectivity index (χ0) is 64.4. The highest BCUT2D eigenvalue weighted by molar-refractivity contribution is 7.91. The number of aliphatic hydroxyl groups is 1. The molecule has 15 nitrogen and oxygen atoms in total. The Bertz CT molecular complexity index is 3600. The Labute approximate surface area is 553 Å². The third-order valence-corrected chi connectivity index (χ3v) is 20.2. The molecule has 1 saturated carbocycles. The normalized spacial score (nSPS) is 24.6. The monoisotopic (exact) mass is 1290 g/mol. The van der Waals surface area contributed by atoms with E-state index in [-0.39, 0.29) is 64.4 Å². The van der Waals surface area contributed by atoms with Gasteiger partial charge < -0.3 is 61.9 Å². The van der Waals surface area contributed by atoms with Gasteiger partial charge >= 0.3 is 0 Å². The Hall–Kier alpha value is -6.81. The van der Waals surface area contributed by atoms with E-state index in [9.17, 15) is 5.11 Å². The van der Waals surface area contributed by atoms with Gasteiger partial charge in [0.15, 0.2) is 21.9 Å². The first-order valence-electron chi connectivity index (χ1n) is 32.8. The van der Waals surface area contributed by atoms with Crippen molar-refractivity contribution < 1.29 is 70.4 Å². The summed E-state index contributed by atoms with van der Waals surface area (Å²) in [6.45, 7) is 4.41. The van der Waals surface area contributed by atoms with Gasteiger partial charge in [0.05, 0.1) is 89.4 Å². The van der Waals surface area contributed by atoms with E-state index in [1.807, 2.05) is 212 Å². The molecule has 4 fully saturated rings. The summed E-state index contributed by atoms with van der Waals surface area (Å²) in [7, 11) is -4.19. The summed E-state index contributed by atoms with van der Waals surface area (Å²) in [4.78, 5) is 0.0616. The van der Waals surface area contributed by atoms with Crippen molar-refractivity contribution >= 4 is 9.84 Å². The zero-order valence-corrected chi connectivity index (χ0v) is 54.1. The summed E-state index contributed by atoms with van der Waals surface area (Å²) in [5.74, 6) is -1.11. The van der Waals surface area contributed by atoms with Crippen molar-refractivity contribution in [3.05, 3.63) is 281 Å². The molecule has 16 heteroatoms. The van der Waals surface area contributed by atoms with E-state index in [1.165, 1.54) is 0 Å². The van der Waals surface area contributed by atoms with Gasteiger partial charge in [-0.25, -0.2) is 8.42 Å². The number of sulfone groups is 1. The van der Waals surface area contributed by atoms with Gasteiger partial charge in [-0.2, -0.15) is 0 Å². The first-order valence-corrected chi connectivity index (χ1v) is 34.5. The Morgan fingerprint density at radius 2 is 0.745 bits per heavy atom. The zero-order valence-electron chi connectivity index (χ0n) is 53.3. The van der Waals surface area contributed by atoms with Crippen LogP contribution in [0.4, 0.5) is 0 Å². The second-order valence-electron chi connectivity index (χ2n) is 25.2. The molecule has 94 heavy (non-hydrogen) atoms. The lowest BCUT2D eigenvalue weighted by Gasteiger charge is -2.50. The molecule has 8 aromatic rings. The molecule has 1 aliphatic carbocycles. The Kier molecular flexibility index (Phi) is 23.4. The van der Waals surface area contributed by atoms with Gasteiger partial charge in [-0.3, -0.25) is 0 Å². The molecule has 11 atom stereocenters. The van der Waals surface area contributed by atoms with Crippen molar-refractivity contribution in [3.8, 4) is 0 Å². The van der Waals surface area contributed by atoms with E-state index in [0.717, 1.165) is 38.9 Å². The van der Waals surface area contributed by atoms with Gasteiger partial charge in [0.25, 0.3) is 0 Å². The minimum absolute atomic E-state index is 0.0616. The summed E-state index contributed by atoms with van der Waals surface area (Å²) in [5.41, 5.74) is 6.54. The molecule has 0 bridgehead atoms.